The summed E-state index contributed by atoms with van der Waals surface area (Å²) in [4.78, 5) is 12.1. The monoisotopic (exact) mass is 339 g/mol. The average Bonchev–Trinajstić information content (AvgIpc) is 2.52. The maximum atomic E-state index is 13.3. The van der Waals surface area contributed by atoms with Gasteiger partial charge in [0.2, 0.25) is 5.91 Å². The molecular weight excluding hydrogens is 313 g/mol. The van der Waals surface area contributed by atoms with Gasteiger partial charge in [0.25, 0.3) is 0 Å². The summed E-state index contributed by atoms with van der Waals surface area (Å²) >= 11 is 1.48. The van der Waals surface area contributed by atoms with Gasteiger partial charge in [-0.15, -0.1) is 11.8 Å². The molecule has 1 N–H and O–H groups in total. The van der Waals surface area contributed by atoms with Crippen molar-refractivity contribution in [3.05, 3.63) is 29.6 Å². The Bertz CT molecular complexity index is 538. The van der Waals surface area contributed by atoms with Gasteiger partial charge in [0.15, 0.2) is 0 Å². The van der Waals surface area contributed by atoms with Crippen LogP contribution in [0.2, 0.25) is 0 Å². The molecule has 5 heteroatoms. The number of nitrogens with one attached hydrogen (secondary N) is 1. The van der Waals surface area contributed by atoms with E-state index >= 15 is 0 Å². The summed E-state index contributed by atoms with van der Waals surface area (Å²) in [6.07, 6.45) is 3.51. The summed E-state index contributed by atoms with van der Waals surface area (Å²) in [6, 6.07) is 4.76. The minimum absolute atomic E-state index is 0.0660. The van der Waals surface area contributed by atoms with Gasteiger partial charge in [-0.25, -0.2) is 4.39 Å². The molecule has 1 aromatic carbocycles. The van der Waals surface area contributed by atoms with Crippen LogP contribution in [0, 0.1) is 17.7 Å². The molecule has 0 aromatic heterocycles. The Morgan fingerprint density at radius 3 is 2.91 bits per heavy atom. The number of hydrogen-bond acceptors (Lipinski definition) is 3. The first-order valence-corrected chi connectivity index (χ1v) is 9.36. The molecule has 0 unspecified atom stereocenters. The summed E-state index contributed by atoms with van der Waals surface area (Å²) in [7, 11) is 1.57. The molecule has 1 aliphatic rings. The molecule has 23 heavy (non-hydrogen) atoms. The molecule has 0 bridgehead atoms. The molecule has 0 aliphatic heterocycles. The van der Waals surface area contributed by atoms with E-state index in [0.717, 1.165) is 12.0 Å². The van der Waals surface area contributed by atoms with Crippen molar-refractivity contribution in [2.75, 3.05) is 12.9 Å². The summed E-state index contributed by atoms with van der Waals surface area (Å²) in [5.74, 6) is 2.59. The largest absolute Gasteiger partial charge is 0.496 e. The van der Waals surface area contributed by atoms with Crippen molar-refractivity contribution in [2.24, 2.45) is 11.8 Å². The second-order valence-corrected chi connectivity index (χ2v) is 7.38. The van der Waals surface area contributed by atoms with Crippen molar-refractivity contribution in [1.82, 2.24) is 5.32 Å². The normalized spacial score (nSPS) is 24.3. The van der Waals surface area contributed by atoms with Crippen molar-refractivity contribution in [3.63, 3.8) is 0 Å². The first kappa shape index (κ1) is 18.1. The zero-order valence-corrected chi connectivity index (χ0v) is 14.9. The predicted molar refractivity (Wildman–Crippen MR) is 93.2 cm³/mol. The van der Waals surface area contributed by atoms with Crippen LogP contribution in [0.5, 0.6) is 5.75 Å². The third-order valence-corrected chi connectivity index (χ3v) is 5.77. The fourth-order valence-electron chi connectivity index (χ4n) is 3.15. The molecule has 2 rings (SSSR count). The van der Waals surface area contributed by atoms with E-state index in [-0.39, 0.29) is 17.8 Å². The Kier molecular flexibility index (Phi) is 6.75. The second-order valence-electron chi connectivity index (χ2n) is 6.39. The Morgan fingerprint density at radius 2 is 2.17 bits per heavy atom. The molecular formula is C18H26FNO2S. The van der Waals surface area contributed by atoms with E-state index in [1.807, 2.05) is 0 Å². The molecule has 1 saturated carbocycles. The lowest BCUT2D eigenvalue weighted by molar-refractivity contribution is -0.119. The number of hydrogen-bond donors (Lipinski definition) is 1. The van der Waals surface area contributed by atoms with Gasteiger partial charge in [0.1, 0.15) is 11.6 Å². The number of rotatable bonds is 6. The van der Waals surface area contributed by atoms with Crippen LogP contribution in [0.3, 0.4) is 0 Å². The van der Waals surface area contributed by atoms with Crippen molar-refractivity contribution in [1.29, 1.82) is 0 Å². The average molecular weight is 339 g/mol. The Morgan fingerprint density at radius 1 is 1.39 bits per heavy atom. The number of carbonyl (C=O) groups excluding carboxylic acids is 1. The first-order chi connectivity index (χ1) is 11.0. The van der Waals surface area contributed by atoms with E-state index in [1.54, 1.807) is 13.2 Å². The summed E-state index contributed by atoms with van der Waals surface area (Å²) in [5, 5.41) is 3.16. The number of thioether (sulfide) groups is 1. The minimum atomic E-state index is -0.282. The molecule has 3 atom stereocenters. The van der Waals surface area contributed by atoms with Crippen LogP contribution < -0.4 is 10.1 Å². The topological polar surface area (TPSA) is 38.3 Å². The zero-order chi connectivity index (χ0) is 16.8. The molecule has 1 aromatic rings. The van der Waals surface area contributed by atoms with Crippen molar-refractivity contribution in [2.45, 2.75) is 44.9 Å². The van der Waals surface area contributed by atoms with E-state index in [9.17, 15) is 9.18 Å². The van der Waals surface area contributed by atoms with Gasteiger partial charge < -0.3 is 10.1 Å². The number of benzene rings is 1. The van der Waals surface area contributed by atoms with Crippen molar-refractivity contribution >= 4 is 17.7 Å². The van der Waals surface area contributed by atoms with E-state index in [4.69, 9.17) is 4.74 Å². The van der Waals surface area contributed by atoms with Crippen molar-refractivity contribution < 1.29 is 13.9 Å². The quantitative estimate of drug-likeness (QED) is 0.851. The van der Waals surface area contributed by atoms with E-state index < -0.39 is 0 Å². The van der Waals surface area contributed by atoms with Crippen LogP contribution in [0.1, 0.15) is 38.7 Å². The zero-order valence-electron chi connectivity index (χ0n) is 14.1. The molecule has 0 heterocycles. The van der Waals surface area contributed by atoms with Gasteiger partial charge in [-0.1, -0.05) is 26.7 Å². The lowest BCUT2D eigenvalue weighted by Gasteiger charge is -2.34. The maximum absolute atomic E-state index is 13.3. The van der Waals surface area contributed by atoms with Crippen LogP contribution in [0.25, 0.3) is 0 Å². The predicted octanol–water partition coefficient (Wildman–Crippen LogP) is 4.01. The Labute approximate surface area is 142 Å². The number of halogens is 1. The molecule has 128 valence electrons. The fourth-order valence-corrected chi connectivity index (χ4v) is 3.96. The lowest BCUT2D eigenvalue weighted by Crippen LogP contribution is -2.44. The highest BCUT2D eigenvalue weighted by molar-refractivity contribution is 7.99. The Balaban J connectivity index is 1.80. The number of amides is 1. The lowest BCUT2D eigenvalue weighted by atomic mass is 9.78. The highest BCUT2D eigenvalue weighted by Crippen LogP contribution is 2.29. The maximum Gasteiger partial charge on any atom is 0.230 e. The van der Waals surface area contributed by atoms with Crippen LogP contribution in [0.4, 0.5) is 4.39 Å². The van der Waals surface area contributed by atoms with Gasteiger partial charge in [-0.3, -0.25) is 4.79 Å². The second kappa shape index (κ2) is 8.57. The van der Waals surface area contributed by atoms with Gasteiger partial charge in [0, 0.05) is 17.4 Å². The highest BCUT2D eigenvalue weighted by Gasteiger charge is 2.27. The van der Waals surface area contributed by atoms with Crippen LogP contribution >= 0.6 is 11.8 Å². The van der Waals surface area contributed by atoms with Crippen LogP contribution in [0.15, 0.2) is 18.2 Å². The minimum Gasteiger partial charge on any atom is -0.496 e. The van der Waals surface area contributed by atoms with Gasteiger partial charge in [-0.2, -0.15) is 0 Å². The van der Waals surface area contributed by atoms with Crippen LogP contribution in [-0.4, -0.2) is 24.8 Å². The van der Waals surface area contributed by atoms with Gasteiger partial charge in [0.05, 0.1) is 12.9 Å². The van der Waals surface area contributed by atoms with E-state index in [2.05, 4.69) is 19.2 Å². The van der Waals surface area contributed by atoms with Gasteiger partial charge in [-0.05, 0) is 36.5 Å². The summed E-state index contributed by atoms with van der Waals surface area (Å²) < 4.78 is 18.5. The molecule has 1 fully saturated rings. The van der Waals surface area contributed by atoms with Crippen LogP contribution in [-0.2, 0) is 10.5 Å². The number of methoxy groups -OCH3 is 1. The first-order valence-electron chi connectivity index (χ1n) is 8.20. The number of ether oxygens (including phenoxy) is 1. The van der Waals surface area contributed by atoms with Gasteiger partial charge >= 0.3 is 0 Å². The van der Waals surface area contributed by atoms with Crippen molar-refractivity contribution in [3.8, 4) is 5.75 Å². The number of carbonyl (C=O) groups is 1. The summed E-state index contributed by atoms with van der Waals surface area (Å²) in [5.41, 5.74) is 0.782. The van der Waals surface area contributed by atoms with E-state index in [0.29, 0.717) is 29.1 Å². The molecule has 0 spiro atoms. The molecule has 0 saturated heterocycles. The van der Waals surface area contributed by atoms with E-state index in [1.165, 1.54) is 36.7 Å². The molecule has 1 amide bonds. The third-order valence-electron chi connectivity index (χ3n) is 4.79. The molecule has 3 nitrogen and oxygen atoms in total. The Hall–Kier alpha value is -1.23. The fraction of sp³-hybridized carbons (Fsp3) is 0.611. The molecule has 1 aliphatic carbocycles. The smallest absolute Gasteiger partial charge is 0.230 e. The third kappa shape index (κ3) is 5.13. The standard InChI is InChI=1S/C18H26FNO2S/c1-12-5-4-6-16(13(12)2)20-18(21)11-23-10-14-9-15(19)7-8-17(14)22-3/h7-9,12-13,16H,4-6,10-11H2,1-3H3,(H,20,21)/t12-,13-,16+/m1/s1. The molecule has 0 radical (unpaired) electrons. The SMILES string of the molecule is COc1ccc(F)cc1CSCC(=O)N[C@H]1CCC[C@@H](C)[C@H]1C. The highest BCUT2D eigenvalue weighted by atomic mass is 32.2. The summed E-state index contributed by atoms with van der Waals surface area (Å²) in [6.45, 7) is 4.48.